The fourth-order valence-corrected chi connectivity index (χ4v) is 2.23. The van der Waals surface area contributed by atoms with Crippen LogP contribution in [0.15, 0.2) is 24.3 Å². The van der Waals surface area contributed by atoms with Gasteiger partial charge in [0.05, 0.1) is 6.54 Å². The van der Waals surface area contributed by atoms with Gasteiger partial charge in [-0.05, 0) is 38.3 Å². The molecular formula is C18H27N3O3. The van der Waals surface area contributed by atoms with Crippen molar-refractivity contribution in [2.45, 2.75) is 46.7 Å². The second-order valence-electron chi connectivity index (χ2n) is 6.45. The Hall–Kier alpha value is -2.37. The lowest BCUT2D eigenvalue weighted by Crippen LogP contribution is -2.51. The van der Waals surface area contributed by atoms with Crippen molar-refractivity contribution < 1.29 is 14.4 Å². The van der Waals surface area contributed by atoms with Crippen LogP contribution in [-0.2, 0) is 9.59 Å². The Morgan fingerprint density at radius 2 is 1.62 bits per heavy atom. The average Bonchev–Trinajstić information content (AvgIpc) is 2.49. The van der Waals surface area contributed by atoms with E-state index in [1.54, 1.807) is 12.1 Å². The summed E-state index contributed by atoms with van der Waals surface area (Å²) in [6.07, 6.45) is 0. The third-order valence-corrected chi connectivity index (χ3v) is 3.50. The van der Waals surface area contributed by atoms with Crippen molar-refractivity contribution in [3.63, 3.8) is 0 Å². The van der Waals surface area contributed by atoms with Gasteiger partial charge in [0.2, 0.25) is 11.8 Å². The number of carbonyl (C=O) groups is 3. The zero-order chi connectivity index (χ0) is 18.3. The molecular weight excluding hydrogens is 306 g/mol. The molecule has 0 aliphatic rings. The summed E-state index contributed by atoms with van der Waals surface area (Å²) >= 11 is 0. The number of benzene rings is 1. The standard InChI is InChI=1S/C18H27N3O3/c1-11(2)16(18(24)19-10-15(22)20-12(3)4)21-17(23)14-9-7-6-8-13(14)5/h6-9,11-12,16H,10H2,1-5H3,(H,19,24)(H,20,22)(H,21,23). The van der Waals surface area contributed by atoms with Gasteiger partial charge >= 0.3 is 0 Å². The van der Waals surface area contributed by atoms with Crippen LogP contribution in [0.3, 0.4) is 0 Å². The van der Waals surface area contributed by atoms with E-state index in [2.05, 4.69) is 16.0 Å². The molecule has 0 aromatic heterocycles. The van der Waals surface area contributed by atoms with Crippen molar-refractivity contribution in [1.29, 1.82) is 0 Å². The molecule has 0 saturated heterocycles. The molecule has 24 heavy (non-hydrogen) atoms. The van der Waals surface area contributed by atoms with Gasteiger partial charge in [0.1, 0.15) is 6.04 Å². The SMILES string of the molecule is Cc1ccccc1C(=O)NC(C(=O)NCC(=O)NC(C)C)C(C)C. The van der Waals surface area contributed by atoms with Gasteiger partial charge in [0, 0.05) is 11.6 Å². The van der Waals surface area contributed by atoms with Crippen LogP contribution in [0.25, 0.3) is 0 Å². The molecule has 1 aromatic carbocycles. The Labute approximate surface area is 143 Å². The third kappa shape index (κ3) is 6.02. The van der Waals surface area contributed by atoms with Crippen molar-refractivity contribution in [2.75, 3.05) is 6.54 Å². The van der Waals surface area contributed by atoms with Gasteiger partial charge in [-0.15, -0.1) is 0 Å². The largest absolute Gasteiger partial charge is 0.352 e. The molecule has 1 unspecified atom stereocenters. The maximum absolute atomic E-state index is 12.4. The maximum atomic E-state index is 12.4. The minimum atomic E-state index is -0.705. The monoisotopic (exact) mass is 333 g/mol. The highest BCUT2D eigenvalue weighted by atomic mass is 16.2. The molecule has 6 heteroatoms. The van der Waals surface area contributed by atoms with Crippen molar-refractivity contribution in [2.24, 2.45) is 5.92 Å². The fourth-order valence-electron chi connectivity index (χ4n) is 2.23. The number of hydrogen-bond acceptors (Lipinski definition) is 3. The minimum absolute atomic E-state index is 0.0102. The smallest absolute Gasteiger partial charge is 0.252 e. The zero-order valence-electron chi connectivity index (χ0n) is 15.0. The molecule has 0 fully saturated rings. The molecule has 1 rings (SSSR count). The first-order valence-corrected chi connectivity index (χ1v) is 8.16. The van der Waals surface area contributed by atoms with Crippen LogP contribution in [-0.4, -0.2) is 36.3 Å². The zero-order valence-corrected chi connectivity index (χ0v) is 15.0. The summed E-state index contributed by atoms with van der Waals surface area (Å²) < 4.78 is 0. The van der Waals surface area contributed by atoms with Crippen molar-refractivity contribution >= 4 is 17.7 Å². The number of amides is 3. The van der Waals surface area contributed by atoms with Crippen LogP contribution >= 0.6 is 0 Å². The van der Waals surface area contributed by atoms with E-state index in [4.69, 9.17) is 0 Å². The molecule has 3 amide bonds. The Morgan fingerprint density at radius 3 is 2.17 bits per heavy atom. The molecule has 0 heterocycles. The first kappa shape index (κ1) is 19.7. The Bertz CT molecular complexity index is 597. The summed E-state index contributed by atoms with van der Waals surface area (Å²) in [5.41, 5.74) is 1.38. The molecule has 0 spiro atoms. The summed E-state index contributed by atoms with van der Waals surface area (Å²) in [6, 6.07) is 6.50. The lowest BCUT2D eigenvalue weighted by Gasteiger charge is -2.22. The highest BCUT2D eigenvalue weighted by molar-refractivity contribution is 5.99. The van der Waals surface area contributed by atoms with Gasteiger partial charge < -0.3 is 16.0 Å². The topological polar surface area (TPSA) is 87.3 Å². The number of rotatable bonds is 7. The van der Waals surface area contributed by atoms with E-state index in [1.165, 1.54) is 0 Å². The predicted molar refractivity (Wildman–Crippen MR) is 93.6 cm³/mol. The maximum Gasteiger partial charge on any atom is 0.252 e. The molecule has 0 aliphatic heterocycles. The number of carbonyl (C=O) groups excluding carboxylic acids is 3. The summed E-state index contributed by atoms with van der Waals surface area (Å²) in [7, 11) is 0. The average molecular weight is 333 g/mol. The van der Waals surface area contributed by atoms with E-state index in [1.807, 2.05) is 46.8 Å². The Morgan fingerprint density at radius 1 is 1.00 bits per heavy atom. The van der Waals surface area contributed by atoms with Gasteiger partial charge in [0.15, 0.2) is 0 Å². The quantitative estimate of drug-likeness (QED) is 0.705. The van der Waals surface area contributed by atoms with Gasteiger partial charge in [-0.2, -0.15) is 0 Å². The number of aryl methyl sites for hydroxylation is 1. The Balaban J connectivity index is 2.70. The first-order chi connectivity index (χ1) is 11.2. The van der Waals surface area contributed by atoms with Crippen LogP contribution < -0.4 is 16.0 Å². The molecule has 1 atom stereocenters. The number of hydrogen-bond donors (Lipinski definition) is 3. The van der Waals surface area contributed by atoms with Crippen molar-refractivity contribution in [3.05, 3.63) is 35.4 Å². The second-order valence-corrected chi connectivity index (χ2v) is 6.45. The molecule has 0 bridgehead atoms. The van der Waals surface area contributed by atoms with Crippen LogP contribution in [0.4, 0.5) is 0 Å². The van der Waals surface area contributed by atoms with Gasteiger partial charge in [-0.1, -0.05) is 32.0 Å². The van der Waals surface area contributed by atoms with Crippen LogP contribution in [0.5, 0.6) is 0 Å². The fraction of sp³-hybridized carbons (Fsp3) is 0.500. The number of nitrogens with one attached hydrogen (secondary N) is 3. The molecule has 1 aromatic rings. The summed E-state index contributed by atoms with van der Waals surface area (Å²) in [5, 5.41) is 8.03. The summed E-state index contributed by atoms with van der Waals surface area (Å²) in [4.78, 5) is 36.3. The van der Waals surface area contributed by atoms with Crippen LogP contribution in [0, 0.1) is 12.8 Å². The van der Waals surface area contributed by atoms with Crippen molar-refractivity contribution in [1.82, 2.24) is 16.0 Å². The van der Waals surface area contributed by atoms with Gasteiger partial charge in [0.25, 0.3) is 5.91 Å². The van der Waals surface area contributed by atoms with Crippen LogP contribution in [0.2, 0.25) is 0 Å². The van der Waals surface area contributed by atoms with E-state index in [9.17, 15) is 14.4 Å². The second kappa shape index (κ2) is 9.05. The first-order valence-electron chi connectivity index (χ1n) is 8.16. The van der Waals surface area contributed by atoms with Gasteiger partial charge in [-0.25, -0.2) is 0 Å². The highest BCUT2D eigenvalue weighted by Crippen LogP contribution is 2.09. The molecule has 0 radical (unpaired) electrons. The predicted octanol–water partition coefficient (Wildman–Crippen LogP) is 1.39. The molecule has 3 N–H and O–H groups in total. The lowest BCUT2D eigenvalue weighted by molar-refractivity contribution is -0.128. The Kier molecular flexibility index (Phi) is 7.42. The van der Waals surface area contributed by atoms with Crippen molar-refractivity contribution in [3.8, 4) is 0 Å². The van der Waals surface area contributed by atoms with E-state index in [-0.39, 0.29) is 36.2 Å². The van der Waals surface area contributed by atoms with E-state index in [0.717, 1.165) is 5.56 Å². The molecule has 0 saturated carbocycles. The van der Waals surface area contributed by atoms with E-state index < -0.39 is 6.04 Å². The van der Waals surface area contributed by atoms with E-state index in [0.29, 0.717) is 5.56 Å². The minimum Gasteiger partial charge on any atom is -0.352 e. The summed E-state index contributed by atoms with van der Waals surface area (Å²) in [6.45, 7) is 9.11. The van der Waals surface area contributed by atoms with Crippen LogP contribution in [0.1, 0.15) is 43.6 Å². The molecule has 0 aliphatic carbocycles. The molecule has 6 nitrogen and oxygen atoms in total. The lowest BCUT2D eigenvalue weighted by atomic mass is 10.0. The molecule has 132 valence electrons. The van der Waals surface area contributed by atoms with Gasteiger partial charge in [-0.3, -0.25) is 14.4 Å². The third-order valence-electron chi connectivity index (χ3n) is 3.50. The normalized spacial score (nSPS) is 12.0. The highest BCUT2D eigenvalue weighted by Gasteiger charge is 2.25. The summed E-state index contributed by atoms with van der Waals surface area (Å²) in [5.74, 6) is -1.03. The van der Waals surface area contributed by atoms with E-state index >= 15 is 0 Å².